The van der Waals surface area contributed by atoms with Crippen LogP contribution in [0.5, 0.6) is 5.75 Å². The van der Waals surface area contributed by atoms with Crippen molar-refractivity contribution in [2.24, 2.45) is 0 Å². The molecule has 0 unspecified atom stereocenters. The summed E-state index contributed by atoms with van der Waals surface area (Å²) in [5, 5.41) is 11.3. The average molecular weight is 411 g/mol. The molecule has 3 aromatic carbocycles. The Morgan fingerprint density at radius 1 is 0.935 bits per heavy atom. The van der Waals surface area contributed by atoms with Crippen LogP contribution in [0.3, 0.4) is 0 Å². The maximum absolute atomic E-state index is 12.8. The molecule has 0 aromatic heterocycles. The van der Waals surface area contributed by atoms with Gasteiger partial charge in [-0.15, -0.1) is 0 Å². The van der Waals surface area contributed by atoms with Crippen LogP contribution in [-0.2, 0) is 6.54 Å². The molecule has 0 saturated carbocycles. The minimum Gasteiger partial charge on any atom is -0.479 e. The van der Waals surface area contributed by atoms with Crippen LogP contribution in [0.1, 0.15) is 36.6 Å². The molecule has 0 fully saturated rings. The van der Waals surface area contributed by atoms with Gasteiger partial charge in [0.25, 0.3) is 17.7 Å². The van der Waals surface area contributed by atoms with Crippen molar-refractivity contribution in [3.05, 3.63) is 95.1 Å². The molecule has 1 heterocycles. The van der Waals surface area contributed by atoms with Gasteiger partial charge in [-0.05, 0) is 48.0 Å². The number of amides is 3. The lowest BCUT2D eigenvalue weighted by atomic mass is 10.1. The van der Waals surface area contributed by atoms with Crippen molar-refractivity contribution >= 4 is 23.4 Å². The fourth-order valence-corrected chi connectivity index (χ4v) is 3.29. The quantitative estimate of drug-likeness (QED) is 0.625. The predicted molar refractivity (Wildman–Crippen MR) is 113 cm³/mol. The van der Waals surface area contributed by atoms with Gasteiger partial charge in [0.15, 0.2) is 6.61 Å². The minimum atomic E-state index is -0.419. The van der Waals surface area contributed by atoms with Crippen LogP contribution in [0.15, 0.2) is 72.8 Å². The van der Waals surface area contributed by atoms with E-state index in [0.717, 1.165) is 5.56 Å². The van der Waals surface area contributed by atoms with Crippen molar-refractivity contribution in [1.82, 2.24) is 4.90 Å². The van der Waals surface area contributed by atoms with E-state index in [1.54, 1.807) is 24.3 Å². The first-order valence-corrected chi connectivity index (χ1v) is 9.52. The van der Waals surface area contributed by atoms with E-state index in [1.165, 1.54) is 23.1 Å². The van der Waals surface area contributed by atoms with Crippen LogP contribution < -0.4 is 10.1 Å². The number of fused-ring (bicyclic) bond motifs is 1. The fraction of sp³-hybridized carbons (Fsp3) is 0.0833. The van der Waals surface area contributed by atoms with Gasteiger partial charge in [-0.3, -0.25) is 19.3 Å². The standard InChI is InChI=1S/C24H17N3O4/c25-12-13-31-19-9-7-18(8-10-19)26-22(28)17-6-11-20-21(14-17)24(30)27(23(20)29)15-16-4-2-1-3-5-16/h1-11,14H,13,15H2,(H,26,28). The van der Waals surface area contributed by atoms with Crippen molar-refractivity contribution in [2.75, 3.05) is 11.9 Å². The lowest BCUT2D eigenvalue weighted by Crippen LogP contribution is -2.29. The van der Waals surface area contributed by atoms with Gasteiger partial charge in [-0.2, -0.15) is 5.26 Å². The van der Waals surface area contributed by atoms with Crippen LogP contribution >= 0.6 is 0 Å². The van der Waals surface area contributed by atoms with Gasteiger partial charge in [0.05, 0.1) is 17.7 Å². The number of nitriles is 1. The second-order valence-electron chi connectivity index (χ2n) is 6.87. The smallest absolute Gasteiger partial charge is 0.261 e. The summed E-state index contributed by atoms with van der Waals surface area (Å²) < 4.78 is 5.18. The van der Waals surface area contributed by atoms with E-state index in [9.17, 15) is 14.4 Å². The third-order valence-electron chi connectivity index (χ3n) is 4.83. The van der Waals surface area contributed by atoms with Gasteiger partial charge < -0.3 is 10.1 Å². The molecular formula is C24H17N3O4. The number of benzene rings is 3. The lowest BCUT2D eigenvalue weighted by Gasteiger charge is -2.13. The fourth-order valence-electron chi connectivity index (χ4n) is 3.29. The highest BCUT2D eigenvalue weighted by atomic mass is 16.5. The number of carbonyl (C=O) groups is 3. The number of hydrogen-bond donors (Lipinski definition) is 1. The molecule has 0 spiro atoms. The molecule has 1 N–H and O–H groups in total. The van der Waals surface area contributed by atoms with E-state index in [4.69, 9.17) is 10.00 Å². The van der Waals surface area contributed by atoms with Crippen LogP contribution in [0.4, 0.5) is 5.69 Å². The average Bonchev–Trinajstić information content (AvgIpc) is 3.03. The van der Waals surface area contributed by atoms with Gasteiger partial charge in [0, 0.05) is 11.3 Å². The molecule has 3 aromatic rings. The SMILES string of the molecule is N#CCOc1ccc(NC(=O)c2ccc3c(c2)C(=O)N(Cc2ccccc2)C3=O)cc1. The number of hydrogen-bond acceptors (Lipinski definition) is 5. The molecule has 0 bridgehead atoms. The molecule has 0 aliphatic carbocycles. The molecule has 1 aliphatic heterocycles. The van der Waals surface area contributed by atoms with Crippen LogP contribution in [0.25, 0.3) is 0 Å². The Morgan fingerprint density at radius 3 is 2.35 bits per heavy atom. The Labute approximate surface area is 178 Å². The van der Waals surface area contributed by atoms with Crippen LogP contribution in [0, 0.1) is 11.3 Å². The zero-order valence-electron chi connectivity index (χ0n) is 16.4. The number of anilines is 1. The summed E-state index contributed by atoms with van der Waals surface area (Å²) >= 11 is 0. The summed E-state index contributed by atoms with van der Waals surface area (Å²) in [6.45, 7) is 0.115. The van der Waals surface area contributed by atoms with E-state index in [1.807, 2.05) is 36.4 Å². The van der Waals surface area contributed by atoms with Crippen LogP contribution in [0.2, 0.25) is 0 Å². The maximum atomic E-state index is 12.8. The molecule has 4 rings (SSSR count). The molecule has 0 radical (unpaired) electrons. The van der Waals surface area contributed by atoms with Gasteiger partial charge in [0.1, 0.15) is 11.8 Å². The Balaban J connectivity index is 1.49. The zero-order chi connectivity index (χ0) is 21.8. The molecule has 3 amide bonds. The monoisotopic (exact) mass is 411 g/mol. The Hall–Kier alpha value is -4.44. The first kappa shape index (κ1) is 19.9. The van der Waals surface area contributed by atoms with E-state index < -0.39 is 11.8 Å². The van der Waals surface area contributed by atoms with Crippen molar-refractivity contribution in [2.45, 2.75) is 6.54 Å². The first-order valence-electron chi connectivity index (χ1n) is 9.52. The van der Waals surface area contributed by atoms with Crippen molar-refractivity contribution in [3.8, 4) is 11.8 Å². The second-order valence-corrected chi connectivity index (χ2v) is 6.87. The summed E-state index contributed by atoms with van der Waals surface area (Å²) in [5.41, 5.74) is 2.15. The third kappa shape index (κ3) is 4.14. The molecular weight excluding hydrogens is 394 g/mol. The minimum absolute atomic E-state index is 0.0606. The molecule has 7 nitrogen and oxygen atoms in total. The topological polar surface area (TPSA) is 99.5 Å². The number of nitrogens with one attached hydrogen (secondary N) is 1. The van der Waals surface area contributed by atoms with Gasteiger partial charge in [-0.1, -0.05) is 30.3 Å². The summed E-state index contributed by atoms with van der Waals surface area (Å²) in [6.07, 6.45) is 0. The number of nitrogens with zero attached hydrogens (tertiary/aromatic N) is 2. The number of carbonyl (C=O) groups excluding carboxylic acids is 3. The van der Waals surface area contributed by atoms with Crippen molar-refractivity contribution < 1.29 is 19.1 Å². The summed E-state index contributed by atoms with van der Waals surface area (Å²) in [7, 11) is 0. The number of rotatable bonds is 6. The Bertz CT molecular complexity index is 1200. The lowest BCUT2D eigenvalue weighted by molar-refractivity contribution is 0.0642. The number of ether oxygens (including phenoxy) is 1. The summed E-state index contributed by atoms with van der Waals surface area (Å²) in [5.74, 6) is -0.684. The Morgan fingerprint density at radius 2 is 1.65 bits per heavy atom. The van der Waals surface area contributed by atoms with Crippen LogP contribution in [-0.4, -0.2) is 29.2 Å². The molecule has 152 valence electrons. The summed E-state index contributed by atoms with van der Waals surface area (Å²) in [4.78, 5) is 39.3. The van der Waals surface area contributed by atoms with E-state index in [2.05, 4.69) is 5.32 Å². The second kappa shape index (κ2) is 8.51. The van der Waals surface area contributed by atoms with E-state index in [-0.39, 0.29) is 35.7 Å². The van der Waals surface area contributed by atoms with E-state index in [0.29, 0.717) is 11.4 Å². The molecule has 1 aliphatic rings. The van der Waals surface area contributed by atoms with Crippen molar-refractivity contribution in [1.29, 1.82) is 5.26 Å². The first-order chi connectivity index (χ1) is 15.1. The van der Waals surface area contributed by atoms with E-state index >= 15 is 0 Å². The van der Waals surface area contributed by atoms with Crippen molar-refractivity contribution in [3.63, 3.8) is 0 Å². The molecule has 0 saturated heterocycles. The van der Waals surface area contributed by atoms with Gasteiger partial charge in [-0.25, -0.2) is 0 Å². The third-order valence-corrected chi connectivity index (χ3v) is 4.83. The summed E-state index contributed by atoms with van der Waals surface area (Å²) in [6, 6.07) is 22.2. The highest BCUT2D eigenvalue weighted by Gasteiger charge is 2.36. The zero-order valence-corrected chi connectivity index (χ0v) is 16.4. The molecule has 0 atom stereocenters. The molecule has 7 heteroatoms. The predicted octanol–water partition coefficient (Wildman–Crippen LogP) is 3.64. The maximum Gasteiger partial charge on any atom is 0.261 e. The molecule has 31 heavy (non-hydrogen) atoms. The normalized spacial score (nSPS) is 12.3. The number of imide groups is 1. The largest absolute Gasteiger partial charge is 0.479 e. The highest BCUT2D eigenvalue weighted by Crippen LogP contribution is 2.26. The van der Waals surface area contributed by atoms with Gasteiger partial charge in [0.2, 0.25) is 0 Å². The van der Waals surface area contributed by atoms with Gasteiger partial charge >= 0.3 is 0 Å². The highest BCUT2D eigenvalue weighted by molar-refractivity contribution is 6.22. The Kier molecular flexibility index (Phi) is 5.45.